The molecular weight excluding hydrogens is 263 g/mol. The second-order valence-electron chi connectivity index (χ2n) is 3.61. The fraction of sp³-hybridized carbons (Fsp3) is 0.364. The van der Waals surface area contributed by atoms with Crippen molar-refractivity contribution >= 4 is 21.9 Å². The van der Waals surface area contributed by atoms with E-state index in [0.717, 1.165) is 0 Å². The van der Waals surface area contributed by atoms with Crippen LogP contribution in [0.25, 0.3) is 0 Å². The maximum Gasteiger partial charge on any atom is 0.306 e. The first-order valence-corrected chi connectivity index (χ1v) is 5.39. The fourth-order valence-corrected chi connectivity index (χ4v) is 1.87. The van der Waals surface area contributed by atoms with Gasteiger partial charge in [0.2, 0.25) is 0 Å². The second-order valence-corrected chi connectivity index (χ2v) is 4.41. The van der Waals surface area contributed by atoms with Gasteiger partial charge in [0.05, 0.1) is 10.4 Å². The molecule has 0 saturated heterocycles. The average molecular weight is 275 g/mol. The third-order valence-electron chi connectivity index (χ3n) is 2.30. The summed E-state index contributed by atoms with van der Waals surface area (Å²) < 4.78 is 13.8. The van der Waals surface area contributed by atoms with Crippen LogP contribution in [0.2, 0.25) is 0 Å². The molecule has 82 valence electrons. The standard InChI is InChI=1S/C11H12BrFO2/c1-6-3-4-8(9(12)10(6)13)5-7(2)11(14)15/h3-4,7H,5H2,1-2H3,(H,14,15). The van der Waals surface area contributed by atoms with Crippen LogP contribution in [0.4, 0.5) is 4.39 Å². The molecule has 0 heterocycles. The van der Waals surface area contributed by atoms with E-state index < -0.39 is 11.9 Å². The zero-order valence-electron chi connectivity index (χ0n) is 8.55. The highest BCUT2D eigenvalue weighted by molar-refractivity contribution is 9.10. The summed E-state index contributed by atoms with van der Waals surface area (Å²) in [6.07, 6.45) is 0.327. The Morgan fingerprint density at radius 3 is 2.73 bits per heavy atom. The molecule has 2 nitrogen and oxygen atoms in total. The molecule has 0 fully saturated rings. The molecular formula is C11H12BrFO2. The summed E-state index contributed by atoms with van der Waals surface area (Å²) in [4.78, 5) is 10.7. The highest BCUT2D eigenvalue weighted by atomic mass is 79.9. The van der Waals surface area contributed by atoms with Crippen LogP contribution < -0.4 is 0 Å². The van der Waals surface area contributed by atoms with Crippen LogP contribution in [0.3, 0.4) is 0 Å². The Labute approximate surface area is 96.2 Å². The molecule has 15 heavy (non-hydrogen) atoms. The summed E-state index contributed by atoms with van der Waals surface area (Å²) in [5.74, 6) is -1.70. The number of rotatable bonds is 3. The quantitative estimate of drug-likeness (QED) is 0.920. The van der Waals surface area contributed by atoms with Crippen molar-refractivity contribution in [1.29, 1.82) is 0 Å². The molecule has 4 heteroatoms. The van der Waals surface area contributed by atoms with E-state index in [4.69, 9.17) is 5.11 Å². The van der Waals surface area contributed by atoms with Crippen molar-refractivity contribution in [1.82, 2.24) is 0 Å². The highest BCUT2D eigenvalue weighted by Gasteiger charge is 2.15. The molecule has 0 radical (unpaired) electrons. The van der Waals surface area contributed by atoms with Crippen LogP contribution in [-0.4, -0.2) is 11.1 Å². The van der Waals surface area contributed by atoms with Crippen LogP contribution >= 0.6 is 15.9 Å². The lowest BCUT2D eigenvalue weighted by Crippen LogP contribution is -2.12. The molecule has 0 aliphatic heterocycles. The maximum absolute atomic E-state index is 13.4. The SMILES string of the molecule is Cc1ccc(CC(C)C(=O)O)c(Br)c1F. The lowest BCUT2D eigenvalue weighted by Gasteiger charge is -2.10. The molecule has 0 aliphatic rings. The first kappa shape index (κ1) is 12.2. The largest absolute Gasteiger partial charge is 0.481 e. The predicted octanol–water partition coefficient (Wildman–Crippen LogP) is 3.16. The summed E-state index contributed by atoms with van der Waals surface area (Å²) in [7, 11) is 0. The van der Waals surface area contributed by atoms with Gasteiger partial charge in [-0.3, -0.25) is 4.79 Å². The van der Waals surface area contributed by atoms with E-state index >= 15 is 0 Å². The minimum atomic E-state index is -0.872. The van der Waals surface area contributed by atoms with E-state index in [-0.39, 0.29) is 5.82 Å². The second kappa shape index (κ2) is 4.75. The lowest BCUT2D eigenvalue weighted by molar-refractivity contribution is -0.141. The van der Waals surface area contributed by atoms with E-state index in [2.05, 4.69) is 15.9 Å². The summed E-state index contributed by atoms with van der Waals surface area (Å²) in [6, 6.07) is 3.41. The van der Waals surface area contributed by atoms with Gasteiger partial charge in [0.1, 0.15) is 5.82 Å². The average Bonchev–Trinajstić information content (AvgIpc) is 2.18. The van der Waals surface area contributed by atoms with E-state index in [1.54, 1.807) is 26.0 Å². The molecule has 1 aromatic carbocycles. The Morgan fingerprint density at radius 1 is 1.60 bits per heavy atom. The Morgan fingerprint density at radius 2 is 2.20 bits per heavy atom. The summed E-state index contributed by atoms with van der Waals surface area (Å²) in [5.41, 5.74) is 1.24. The molecule has 1 rings (SSSR count). The van der Waals surface area contributed by atoms with Gasteiger partial charge in [-0.2, -0.15) is 0 Å². The van der Waals surface area contributed by atoms with Gasteiger partial charge in [-0.15, -0.1) is 0 Å². The number of halogens is 2. The first-order valence-electron chi connectivity index (χ1n) is 4.59. The van der Waals surface area contributed by atoms with E-state index in [1.165, 1.54) is 0 Å². The summed E-state index contributed by atoms with van der Waals surface area (Å²) in [6.45, 7) is 3.27. The molecule has 0 bridgehead atoms. The van der Waals surface area contributed by atoms with Crippen LogP contribution in [0.5, 0.6) is 0 Å². The van der Waals surface area contributed by atoms with Crippen molar-refractivity contribution in [2.24, 2.45) is 5.92 Å². The molecule has 0 spiro atoms. The van der Waals surface area contributed by atoms with Gasteiger partial charge in [0.15, 0.2) is 0 Å². The lowest BCUT2D eigenvalue weighted by atomic mass is 10.0. The number of carboxylic acids is 1. The van der Waals surface area contributed by atoms with Crippen LogP contribution in [0.1, 0.15) is 18.1 Å². The number of aliphatic carboxylic acids is 1. The number of aryl methyl sites for hydroxylation is 1. The van der Waals surface area contributed by atoms with Crippen LogP contribution in [-0.2, 0) is 11.2 Å². The molecule has 1 unspecified atom stereocenters. The number of carbonyl (C=O) groups is 1. The Kier molecular flexibility index (Phi) is 3.85. The zero-order chi connectivity index (χ0) is 11.6. The van der Waals surface area contributed by atoms with E-state index in [9.17, 15) is 9.18 Å². The van der Waals surface area contributed by atoms with Gasteiger partial charge in [-0.05, 0) is 40.4 Å². The molecule has 1 atom stereocenters. The minimum Gasteiger partial charge on any atom is -0.481 e. The van der Waals surface area contributed by atoms with Crippen molar-refractivity contribution in [3.63, 3.8) is 0 Å². The van der Waals surface area contributed by atoms with E-state index in [0.29, 0.717) is 22.0 Å². The highest BCUT2D eigenvalue weighted by Crippen LogP contribution is 2.25. The summed E-state index contributed by atoms with van der Waals surface area (Å²) in [5, 5.41) is 8.75. The Balaban J connectivity index is 2.97. The molecule has 0 aliphatic carbocycles. The third kappa shape index (κ3) is 2.78. The van der Waals surface area contributed by atoms with Gasteiger partial charge in [-0.1, -0.05) is 19.1 Å². The maximum atomic E-state index is 13.4. The number of hydrogen-bond donors (Lipinski definition) is 1. The fourth-order valence-electron chi connectivity index (χ4n) is 1.26. The van der Waals surface area contributed by atoms with Crippen LogP contribution in [0, 0.1) is 18.7 Å². The third-order valence-corrected chi connectivity index (χ3v) is 3.16. The van der Waals surface area contributed by atoms with Gasteiger partial charge in [0.25, 0.3) is 0 Å². The van der Waals surface area contributed by atoms with Gasteiger partial charge >= 0.3 is 5.97 Å². The Hall–Kier alpha value is -0.900. The van der Waals surface area contributed by atoms with Crippen LogP contribution in [0.15, 0.2) is 16.6 Å². The van der Waals surface area contributed by atoms with E-state index in [1.807, 2.05) is 0 Å². The number of hydrogen-bond acceptors (Lipinski definition) is 1. The minimum absolute atomic E-state index is 0.315. The monoisotopic (exact) mass is 274 g/mol. The Bertz CT molecular complexity index is 390. The van der Waals surface area contributed by atoms with Gasteiger partial charge in [-0.25, -0.2) is 4.39 Å². The zero-order valence-corrected chi connectivity index (χ0v) is 10.1. The first-order chi connectivity index (χ1) is 6.93. The smallest absolute Gasteiger partial charge is 0.306 e. The van der Waals surface area contributed by atoms with Gasteiger partial charge < -0.3 is 5.11 Å². The summed E-state index contributed by atoms with van der Waals surface area (Å²) >= 11 is 3.14. The predicted molar refractivity (Wildman–Crippen MR) is 59.3 cm³/mol. The van der Waals surface area contributed by atoms with Crippen molar-refractivity contribution in [2.45, 2.75) is 20.3 Å². The molecule has 1 aromatic rings. The van der Waals surface area contributed by atoms with Crippen molar-refractivity contribution < 1.29 is 14.3 Å². The van der Waals surface area contributed by atoms with Crippen molar-refractivity contribution in [3.05, 3.63) is 33.5 Å². The molecule has 1 N–H and O–H groups in total. The topological polar surface area (TPSA) is 37.3 Å². The normalized spacial score (nSPS) is 12.5. The van der Waals surface area contributed by atoms with Gasteiger partial charge in [0, 0.05) is 0 Å². The van der Waals surface area contributed by atoms with Crippen molar-refractivity contribution in [2.75, 3.05) is 0 Å². The number of benzene rings is 1. The van der Waals surface area contributed by atoms with Crippen molar-refractivity contribution in [3.8, 4) is 0 Å². The molecule has 0 aromatic heterocycles. The number of carboxylic acid groups (broad SMARTS) is 1. The molecule has 0 amide bonds. The molecule has 0 saturated carbocycles.